The standard InChI is InChI=1S/C22H20N2O3S/c1-17-7-12-20(27-14-13-18-8-10-19(16-23)11-9-18)15-22(17)24-28(25,26)21-5-3-2-4-6-21/h2-12,15,24H,13-14H2,1H3. The summed E-state index contributed by atoms with van der Waals surface area (Å²) in [5, 5.41) is 8.83. The van der Waals surface area contributed by atoms with Crippen molar-refractivity contribution in [2.75, 3.05) is 11.3 Å². The smallest absolute Gasteiger partial charge is 0.261 e. The van der Waals surface area contributed by atoms with Gasteiger partial charge in [0, 0.05) is 12.5 Å². The number of aryl methyl sites for hydroxylation is 1. The number of hydrogen-bond donors (Lipinski definition) is 1. The van der Waals surface area contributed by atoms with Crippen molar-refractivity contribution in [2.45, 2.75) is 18.2 Å². The Bertz CT molecular complexity index is 1090. The van der Waals surface area contributed by atoms with Crippen LogP contribution in [0.25, 0.3) is 0 Å². The molecule has 0 atom stereocenters. The van der Waals surface area contributed by atoms with E-state index in [2.05, 4.69) is 10.8 Å². The molecule has 1 N–H and O–H groups in total. The van der Waals surface area contributed by atoms with Crippen molar-refractivity contribution >= 4 is 15.7 Å². The van der Waals surface area contributed by atoms with Crippen molar-refractivity contribution in [2.24, 2.45) is 0 Å². The Balaban J connectivity index is 1.66. The highest BCUT2D eigenvalue weighted by atomic mass is 32.2. The van der Waals surface area contributed by atoms with Crippen LogP contribution in [0.2, 0.25) is 0 Å². The van der Waals surface area contributed by atoms with Gasteiger partial charge >= 0.3 is 0 Å². The molecule has 0 spiro atoms. The zero-order chi connectivity index (χ0) is 20.0. The normalized spacial score (nSPS) is 10.9. The Kier molecular flexibility index (Phi) is 5.97. The molecule has 142 valence electrons. The summed E-state index contributed by atoms with van der Waals surface area (Å²) in [7, 11) is -3.65. The van der Waals surface area contributed by atoms with E-state index < -0.39 is 10.0 Å². The molecule has 3 rings (SSSR count). The quantitative estimate of drug-likeness (QED) is 0.650. The summed E-state index contributed by atoms with van der Waals surface area (Å²) in [5.74, 6) is 0.588. The summed E-state index contributed by atoms with van der Waals surface area (Å²) < 4.78 is 33.5. The Morgan fingerprint density at radius 3 is 2.39 bits per heavy atom. The lowest BCUT2D eigenvalue weighted by molar-refractivity contribution is 0.322. The van der Waals surface area contributed by atoms with Crippen LogP contribution in [0.4, 0.5) is 5.69 Å². The molecule has 0 saturated heterocycles. The van der Waals surface area contributed by atoms with Crippen LogP contribution >= 0.6 is 0 Å². The molecule has 0 bridgehead atoms. The molecular weight excluding hydrogens is 372 g/mol. The van der Waals surface area contributed by atoms with Gasteiger partial charge in [0.25, 0.3) is 10.0 Å². The molecule has 0 aliphatic heterocycles. The van der Waals surface area contributed by atoms with Crippen LogP contribution < -0.4 is 9.46 Å². The minimum atomic E-state index is -3.65. The SMILES string of the molecule is Cc1ccc(OCCc2ccc(C#N)cc2)cc1NS(=O)(=O)c1ccccc1. The molecule has 0 aliphatic rings. The Hall–Kier alpha value is -3.30. The van der Waals surface area contributed by atoms with Gasteiger partial charge in [-0.3, -0.25) is 4.72 Å². The van der Waals surface area contributed by atoms with Gasteiger partial charge in [0.15, 0.2) is 0 Å². The first-order chi connectivity index (χ1) is 13.5. The summed E-state index contributed by atoms with van der Waals surface area (Å²) >= 11 is 0. The largest absolute Gasteiger partial charge is 0.493 e. The van der Waals surface area contributed by atoms with Crippen molar-refractivity contribution in [3.8, 4) is 11.8 Å². The van der Waals surface area contributed by atoms with Crippen LogP contribution in [0.15, 0.2) is 77.7 Å². The zero-order valence-corrected chi connectivity index (χ0v) is 16.2. The number of sulfonamides is 1. The molecule has 28 heavy (non-hydrogen) atoms. The van der Waals surface area contributed by atoms with Crippen LogP contribution in [0.5, 0.6) is 5.75 Å². The van der Waals surface area contributed by atoms with Crippen LogP contribution in [-0.2, 0) is 16.4 Å². The number of anilines is 1. The van der Waals surface area contributed by atoms with E-state index in [1.54, 1.807) is 48.5 Å². The maximum Gasteiger partial charge on any atom is 0.261 e. The number of nitrogens with one attached hydrogen (secondary N) is 1. The lowest BCUT2D eigenvalue weighted by Crippen LogP contribution is -2.13. The highest BCUT2D eigenvalue weighted by Gasteiger charge is 2.15. The van der Waals surface area contributed by atoms with E-state index >= 15 is 0 Å². The molecule has 3 aromatic carbocycles. The van der Waals surface area contributed by atoms with Gasteiger partial charge in [0.05, 0.1) is 28.8 Å². The minimum absolute atomic E-state index is 0.210. The maximum absolute atomic E-state index is 12.5. The molecule has 0 saturated carbocycles. The number of benzene rings is 3. The molecule has 0 fully saturated rings. The van der Waals surface area contributed by atoms with Gasteiger partial charge in [-0.25, -0.2) is 8.42 Å². The van der Waals surface area contributed by atoms with Crippen molar-refractivity contribution in [1.82, 2.24) is 0 Å². The number of hydrogen-bond acceptors (Lipinski definition) is 4. The number of ether oxygens (including phenoxy) is 1. The second kappa shape index (κ2) is 8.59. The first-order valence-electron chi connectivity index (χ1n) is 8.78. The number of nitriles is 1. The fraction of sp³-hybridized carbons (Fsp3) is 0.136. The van der Waals surface area contributed by atoms with Crippen molar-refractivity contribution in [3.63, 3.8) is 0 Å². The van der Waals surface area contributed by atoms with Crippen molar-refractivity contribution in [1.29, 1.82) is 5.26 Å². The minimum Gasteiger partial charge on any atom is -0.493 e. The number of rotatable bonds is 7. The lowest BCUT2D eigenvalue weighted by atomic mass is 10.1. The van der Waals surface area contributed by atoms with E-state index in [-0.39, 0.29) is 4.90 Å². The Morgan fingerprint density at radius 2 is 1.71 bits per heavy atom. The first-order valence-corrected chi connectivity index (χ1v) is 10.3. The fourth-order valence-electron chi connectivity index (χ4n) is 2.64. The second-order valence-electron chi connectivity index (χ2n) is 6.30. The summed E-state index contributed by atoms with van der Waals surface area (Å²) in [4.78, 5) is 0.210. The average Bonchev–Trinajstić information content (AvgIpc) is 2.71. The van der Waals surface area contributed by atoms with Crippen molar-refractivity contribution < 1.29 is 13.2 Å². The molecule has 0 aliphatic carbocycles. The third-order valence-corrected chi connectivity index (χ3v) is 5.63. The van der Waals surface area contributed by atoms with Gasteiger partial charge in [0.1, 0.15) is 5.75 Å². The van der Waals surface area contributed by atoms with Gasteiger partial charge in [-0.05, 0) is 48.4 Å². The van der Waals surface area contributed by atoms with Gasteiger partial charge in [0.2, 0.25) is 0 Å². The van der Waals surface area contributed by atoms with E-state index in [1.165, 1.54) is 0 Å². The summed E-state index contributed by atoms with van der Waals surface area (Å²) in [6.07, 6.45) is 0.685. The van der Waals surface area contributed by atoms with Gasteiger partial charge in [-0.1, -0.05) is 36.4 Å². The topological polar surface area (TPSA) is 79.2 Å². The van der Waals surface area contributed by atoms with E-state index in [9.17, 15) is 8.42 Å². The molecule has 0 unspecified atom stereocenters. The average molecular weight is 392 g/mol. The lowest BCUT2D eigenvalue weighted by Gasteiger charge is -2.13. The zero-order valence-electron chi connectivity index (χ0n) is 15.4. The van der Waals surface area contributed by atoms with Crippen LogP contribution in [0.3, 0.4) is 0 Å². The Morgan fingerprint density at radius 1 is 1.00 bits per heavy atom. The molecular formula is C22H20N2O3S. The van der Waals surface area contributed by atoms with Crippen LogP contribution in [0, 0.1) is 18.3 Å². The molecule has 0 aromatic heterocycles. The van der Waals surface area contributed by atoms with Crippen LogP contribution in [0.1, 0.15) is 16.7 Å². The summed E-state index contributed by atoms with van der Waals surface area (Å²) in [5.41, 5.74) is 2.98. The van der Waals surface area contributed by atoms with Gasteiger partial charge in [-0.15, -0.1) is 0 Å². The third kappa shape index (κ3) is 4.90. The molecule has 3 aromatic rings. The maximum atomic E-state index is 12.5. The second-order valence-corrected chi connectivity index (χ2v) is 7.98. The van der Waals surface area contributed by atoms with E-state index in [0.29, 0.717) is 30.0 Å². The van der Waals surface area contributed by atoms with Gasteiger partial charge < -0.3 is 4.74 Å². The molecule has 0 heterocycles. The highest BCUT2D eigenvalue weighted by molar-refractivity contribution is 7.92. The third-order valence-electron chi connectivity index (χ3n) is 4.25. The van der Waals surface area contributed by atoms with E-state index in [4.69, 9.17) is 10.00 Å². The molecule has 0 radical (unpaired) electrons. The molecule has 0 amide bonds. The van der Waals surface area contributed by atoms with Crippen LogP contribution in [-0.4, -0.2) is 15.0 Å². The predicted molar refractivity (Wildman–Crippen MR) is 109 cm³/mol. The fourth-order valence-corrected chi connectivity index (χ4v) is 3.78. The van der Waals surface area contributed by atoms with E-state index in [1.807, 2.05) is 31.2 Å². The summed E-state index contributed by atoms with van der Waals surface area (Å²) in [6.45, 7) is 2.28. The number of nitrogens with zero attached hydrogens (tertiary/aromatic N) is 1. The first kappa shape index (κ1) is 19.5. The van der Waals surface area contributed by atoms with Crippen molar-refractivity contribution in [3.05, 3.63) is 89.5 Å². The molecule has 5 nitrogen and oxygen atoms in total. The summed E-state index contributed by atoms with van der Waals surface area (Å²) in [6, 6.07) is 23.0. The molecule has 6 heteroatoms. The monoisotopic (exact) mass is 392 g/mol. The van der Waals surface area contributed by atoms with E-state index in [0.717, 1.165) is 11.1 Å². The Labute approximate surface area is 165 Å². The van der Waals surface area contributed by atoms with Gasteiger partial charge in [-0.2, -0.15) is 5.26 Å². The predicted octanol–water partition coefficient (Wildman–Crippen LogP) is 4.29. The highest BCUT2D eigenvalue weighted by Crippen LogP contribution is 2.25.